The summed E-state index contributed by atoms with van der Waals surface area (Å²) in [5.41, 5.74) is 1.98. The van der Waals surface area contributed by atoms with Crippen LogP contribution in [0.4, 0.5) is 0 Å². The maximum Gasteiger partial charge on any atom is 0.194 e. The van der Waals surface area contributed by atoms with E-state index in [9.17, 15) is 30.6 Å². The van der Waals surface area contributed by atoms with E-state index in [0.29, 0.717) is 36.0 Å². The third-order valence-corrected chi connectivity index (χ3v) is 10.9. The molecule has 0 saturated carbocycles. The molecule has 3 aromatic rings. The van der Waals surface area contributed by atoms with Crippen LogP contribution in [-0.2, 0) is 23.7 Å². The molecule has 3 rings (SSSR count). The summed E-state index contributed by atoms with van der Waals surface area (Å²) < 4.78 is 6.14. The van der Waals surface area contributed by atoms with Gasteiger partial charge in [0.05, 0.1) is 0 Å². The van der Waals surface area contributed by atoms with E-state index in [1.807, 2.05) is 0 Å². The summed E-state index contributed by atoms with van der Waals surface area (Å²) in [4.78, 5) is 7.46. The van der Waals surface area contributed by atoms with Crippen molar-refractivity contribution in [3.63, 3.8) is 0 Å². The Balaban J connectivity index is 1.63. The number of aryl methyl sites for hydroxylation is 3. The van der Waals surface area contributed by atoms with Crippen molar-refractivity contribution in [2.75, 3.05) is 7.11 Å². The number of nitrogens with one attached hydrogen (secondary N) is 3. The first-order valence-corrected chi connectivity index (χ1v) is 13.6. The molecule has 0 amide bonds. The fraction of sp³-hybridized carbons (Fsp3) is 0.455. The lowest BCUT2D eigenvalue weighted by molar-refractivity contribution is 0.382. The number of aromatic amines is 3. The third-order valence-electron chi connectivity index (χ3n) is 6.25. The molecule has 0 saturated heterocycles. The van der Waals surface area contributed by atoms with Gasteiger partial charge in [-0.2, -0.15) is 0 Å². The van der Waals surface area contributed by atoms with Crippen LogP contribution >= 0.6 is 0 Å². The number of hydrogen-bond acceptors (Lipinski definition) is 7. The average molecular weight is 480 g/mol. The lowest BCUT2D eigenvalue weighted by Crippen LogP contribution is -2.37. The molecule has 0 aromatic carbocycles. The Morgan fingerprint density at radius 1 is 0.606 bits per heavy atom. The van der Waals surface area contributed by atoms with Gasteiger partial charge in [-0.25, -0.2) is 0 Å². The molecule has 0 aliphatic carbocycles. The number of hydrogen-bond donors (Lipinski definition) is 9. The largest absolute Gasteiger partial charge is 0.495 e. The second-order valence-electron chi connectivity index (χ2n) is 8.53. The van der Waals surface area contributed by atoms with Crippen LogP contribution in [0.15, 0.2) is 18.2 Å². The van der Waals surface area contributed by atoms with E-state index in [-0.39, 0.29) is 35.3 Å². The first kappa shape index (κ1) is 24.5. The molecule has 182 valence electrons. The number of aromatic hydroxyl groups is 6. The van der Waals surface area contributed by atoms with Gasteiger partial charge in [-0.3, -0.25) is 15.0 Å². The number of H-pyrrole nitrogens is 3. The van der Waals surface area contributed by atoms with E-state index in [1.54, 1.807) is 7.11 Å². The molecule has 0 aliphatic rings. The van der Waals surface area contributed by atoms with Crippen LogP contribution in [0, 0.1) is 0 Å². The number of rotatable bonds is 13. The van der Waals surface area contributed by atoms with Crippen LogP contribution in [0.25, 0.3) is 0 Å². The van der Waals surface area contributed by atoms with Crippen molar-refractivity contribution in [2.45, 2.75) is 56.7 Å². The Morgan fingerprint density at radius 3 is 1.12 bits per heavy atom. The summed E-state index contributed by atoms with van der Waals surface area (Å²) in [7, 11) is -0.499. The van der Waals surface area contributed by atoms with E-state index < -0.39 is 8.32 Å². The predicted molar refractivity (Wildman–Crippen MR) is 125 cm³/mol. The zero-order chi connectivity index (χ0) is 24.0. The summed E-state index contributed by atoms with van der Waals surface area (Å²) >= 11 is 0. The Bertz CT molecular complexity index is 916. The van der Waals surface area contributed by atoms with Crippen molar-refractivity contribution in [3.8, 4) is 35.3 Å². The van der Waals surface area contributed by atoms with Gasteiger partial charge < -0.3 is 35.1 Å². The second kappa shape index (κ2) is 10.6. The highest BCUT2D eigenvalue weighted by atomic mass is 28.4. The van der Waals surface area contributed by atoms with Crippen LogP contribution in [0.5, 0.6) is 35.3 Å². The second-order valence-corrected chi connectivity index (χ2v) is 12.8. The quantitative estimate of drug-likeness (QED) is 0.168. The topological polar surface area (TPSA) is 178 Å². The molecule has 3 heterocycles. The average Bonchev–Trinajstić information content (AvgIpc) is 3.36. The minimum atomic E-state index is -2.23. The fourth-order valence-corrected chi connectivity index (χ4v) is 8.29. The monoisotopic (exact) mass is 479 g/mol. The van der Waals surface area contributed by atoms with Gasteiger partial charge in [0.25, 0.3) is 0 Å². The Morgan fingerprint density at radius 2 is 0.909 bits per heavy atom. The zero-order valence-electron chi connectivity index (χ0n) is 18.7. The molecule has 9 N–H and O–H groups in total. The van der Waals surface area contributed by atoms with Gasteiger partial charge >= 0.3 is 0 Å². The first-order chi connectivity index (χ1) is 15.7. The highest BCUT2D eigenvalue weighted by Gasteiger charge is 2.33. The van der Waals surface area contributed by atoms with Gasteiger partial charge in [0, 0.05) is 42.0 Å². The minimum Gasteiger partial charge on any atom is -0.495 e. The molecule has 0 atom stereocenters. The lowest BCUT2D eigenvalue weighted by Gasteiger charge is -2.30. The third kappa shape index (κ3) is 6.42. The van der Waals surface area contributed by atoms with Crippen LogP contribution < -0.4 is 0 Å². The maximum absolute atomic E-state index is 9.88. The summed E-state index contributed by atoms with van der Waals surface area (Å²) in [5.74, 6) is -0.279. The lowest BCUT2D eigenvalue weighted by atomic mass is 10.2. The van der Waals surface area contributed by atoms with Gasteiger partial charge in [-0.15, -0.1) is 0 Å². The van der Waals surface area contributed by atoms with Gasteiger partial charge in [0.15, 0.2) is 43.6 Å². The first-order valence-electron chi connectivity index (χ1n) is 11.1. The van der Waals surface area contributed by atoms with Crippen molar-refractivity contribution >= 4 is 8.32 Å². The summed E-state index contributed by atoms with van der Waals surface area (Å²) in [6.07, 6.45) is 4.12. The molecular weight excluding hydrogens is 446 g/mol. The normalized spacial score (nSPS) is 11.9. The van der Waals surface area contributed by atoms with Gasteiger partial charge in [0.2, 0.25) is 0 Å². The van der Waals surface area contributed by atoms with Crippen molar-refractivity contribution in [1.82, 2.24) is 15.0 Å². The van der Waals surface area contributed by atoms with Crippen LogP contribution in [0.3, 0.4) is 0 Å². The standard InChI is InChI=1S/C22H33N3O7Si/c1-32-33(8-2-5-14-11-17(26)23-20(14)29,9-3-6-15-12-18(27)24-21(15)30)10-4-7-16-13-19(28)25-22(16)31/h11-13,23-31H,2-10H2,1H3. The molecule has 10 nitrogen and oxygen atoms in total. The summed E-state index contributed by atoms with van der Waals surface area (Å²) in [6, 6.07) is 7.08. The van der Waals surface area contributed by atoms with Gasteiger partial charge in [0.1, 0.15) is 0 Å². The number of aromatic nitrogens is 3. The Hall–Kier alpha value is -3.18. The zero-order valence-corrected chi connectivity index (χ0v) is 19.7. The molecular formula is C22H33N3O7Si. The fourth-order valence-electron chi connectivity index (χ4n) is 4.47. The van der Waals surface area contributed by atoms with E-state index in [2.05, 4.69) is 15.0 Å². The summed E-state index contributed by atoms with van der Waals surface area (Å²) in [5, 5.41) is 58.2. The van der Waals surface area contributed by atoms with Crippen molar-refractivity contribution in [3.05, 3.63) is 34.9 Å². The predicted octanol–water partition coefficient (Wildman–Crippen LogP) is 3.69. The molecule has 0 aliphatic heterocycles. The molecule has 0 unspecified atom stereocenters. The molecule has 0 radical (unpaired) electrons. The highest BCUT2D eigenvalue weighted by Crippen LogP contribution is 2.33. The molecule has 3 aromatic heterocycles. The van der Waals surface area contributed by atoms with Crippen molar-refractivity contribution in [1.29, 1.82) is 0 Å². The molecule has 0 bridgehead atoms. The van der Waals surface area contributed by atoms with E-state index in [1.165, 1.54) is 18.2 Å². The SMILES string of the molecule is CO[Si](CCCc1cc(O)[nH]c1O)(CCCc1cc(O)[nH]c1O)CCCc1cc(O)[nH]c1O. The Labute approximate surface area is 192 Å². The highest BCUT2D eigenvalue weighted by molar-refractivity contribution is 6.73. The smallest absolute Gasteiger partial charge is 0.194 e. The Kier molecular flexibility index (Phi) is 7.87. The van der Waals surface area contributed by atoms with E-state index >= 15 is 0 Å². The molecule has 11 heteroatoms. The van der Waals surface area contributed by atoms with Crippen molar-refractivity contribution < 1.29 is 35.1 Å². The van der Waals surface area contributed by atoms with Crippen LogP contribution in [0.2, 0.25) is 18.1 Å². The maximum atomic E-state index is 9.88. The molecule has 0 fully saturated rings. The molecule has 0 spiro atoms. The van der Waals surface area contributed by atoms with Crippen molar-refractivity contribution in [2.24, 2.45) is 0 Å². The van der Waals surface area contributed by atoms with Crippen LogP contribution in [-0.4, -0.2) is 61.0 Å². The minimum absolute atomic E-state index is 0.0253. The molecule has 33 heavy (non-hydrogen) atoms. The van der Waals surface area contributed by atoms with Gasteiger partial charge in [-0.1, -0.05) is 0 Å². The van der Waals surface area contributed by atoms with Crippen LogP contribution in [0.1, 0.15) is 36.0 Å². The van der Waals surface area contributed by atoms with E-state index in [4.69, 9.17) is 4.43 Å². The van der Waals surface area contributed by atoms with Gasteiger partial charge in [-0.05, 0) is 56.7 Å². The van der Waals surface area contributed by atoms with E-state index in [0.717, 1.165) is 37.4 Å². The summed E-state index contributed by atoms with van der Waals surface area (Å²) in [6.45, 7) is 0.